The van der Waals surface area contributed by atoms with Gasteiger partial charge in [-0.1, -0.05) is 37.6 Å². The van der Waals surface area contributed by atoms with Crippen molar-refractivity contribution in [2.45, 2.75) is 32.9 Å². The van der Waals surface area contributed by atoms with Gasteiger partial charge in [0.15, 0.2) is 5.96 Å². The SMILES string of the molecule is CN=C(NCCOCc1ccc(Cl)cc1)NCc1nc(C(C)C)cs1. The predicted molar refractivity (Wildman–Crippen MR) is 106 cm³/mol. The van der Waals surface area contributed by atoms with Crippen LogP contribution in [0.25, 0.3) is 0 Å². The smallest absolute Gasteiger partial charge is 0.191 e. The van der Waals surface area contributed by atoms with Crippen LogP contribution in [-0.4, -0.2) is 31.1 Å². The minimum absolute atomic E-state index is 0.459. The summed E-state index contributed by atoms with van der Waals surface area (Å²) >= 11 is 7.53. The monoisotopic (exact) mass is 380 g/mol. The van der Waals surface area contributed by atoms with Gasteiger partial charge in [-0.2, -0.15) is 0 Å². The molecular formula is C18H25ClN4OS. The number of thiazole rings is 1. The standard InChI is InChI=1S/C18H25ClN4OS/c1-13(2)16-12-25-17(23-16)10-22-18(20-3)21-8-9-24-11-14-4-6-15(19)7-5-14/h4-7,12-13H,8-11H2,1-3H3,(H2,20,21,22). The molecule has 0 spiro atoms. The summed E-state index contributed by atoms with van der Waals surface area (Å²) in [7, 11) is 1.76. The zero-order valence-corrected chi connectivity index (χ0v) is 16.5. The van der Waals surface area contributed by atoms with Crippen molar-refractivity contribution in [3.05, 3.63) is 50.9 Å². The Labute approximate surface area is 158 Å². The quantitative estimate of drug-likeness (QED) is 0.415. The molecule has 0 saturated heterocycles. The molecule has 1 aromatic heterocycles. The fourth-order valence-electron chi connectivity index (χ4n) is 2.06. The molecule has 0 fully saturated rings. The van der Waals surface area contributed by atoms with Gasteiger partial charge in [0, 0.05) is 24.0 Å². The van der Waals surface area contributed by atoms with E-state index in [1.54, 1.807) is 18.4 Å². The number of aromatic nitrogens is 1. The molecule has 2 N–H and O–H groups in total. The van der Waals surface area contributed by atoms with E-state index in [9.17, 15) is 0 Å². The van der Waals surface area contributed by atoms with Gasteiger partial charge < -0.3 is 15.4 Å². The van der Waals surface area contributed by atoms with Gasteiger partial charge >= 0.3 is 0 Å². The van der Waals surface area contributed by atoms with Gasteiger partial charge in [0.2, 0.25) is 0 Å². The van der Waals surface area contributed by atoms with E-state index in [4.69, 9.17) is 16.3 Å². The van der Waals surface area contributed by atoms with Crippen molar-refractivity contribution >= 4 is 28.9 Å². The molecule has 0 bridgehead atoms. The van der Waals surface area contributed by atoms with E-state index >= 15 is 0 Å². The average Bonchev–Trinajstić information content (AvgIpc) is 3.08. The molecule has 0 unspecified atom stereocenters. The highest BCUT2D eigenvalue weighted by Gasteiger charge is 2.06. The summed E-state index contributed by atoms with van der Waals surface area (Å²) in [5, 5.41) is 10.4. The number of hydrogen-bond donors (Lipinski definition) is 2. The van der Waals surface area contributed by atoms with E-state index in [1.165, 1.54) is 0 Å². The molecule has 2 rings (SSSR count). The third kappa shape index (κ3) is 7.02. The fourth-order valence-corrected chi connectivity index (χ4v) is 3.08. The van der Waals surface area contributed by atoms with E-state index in [1.807, 2.05) is 24.3 Å². The van der Waals surface area contributed by atoms with Crippen molar-refractivity contribution in [1.29, 1.82) is 0 Å². The number of nitrogens with zero attached hydrogens (tertiary/aromatic N) is 2. The molecule has 0 aliphatic heterocycles. The van der Waals surface area contributed by atoms with Crippen molar-refractivity contribution in [1.82, 2.24) is 15.6 Å². The van der Waals surface area contributed by atoms with Gasteiger partial charge in [-0.3, -0.25) is 4.99 Å². The van der Waals surface area contributed by atoms with Gasteiger partial charge in [-0.05, 0) is 23.6 Å². The Kier molecular flexibility index (Phi) is 8.18. The van der Waals surface area contributed by atoms with Crippen LogP contribution in [0, 0.1) is 0 Å². The molecule has 0 aliphatic rings. The first kappa shape index (κ1) is 19.7. The number of nitrogens with one attached hydrogen (secondary N) is 2. The summed E-state index contributed by atoms with van der Waals surface area (Å²) in [6, 6.07) is 7.67. The summed E-state index contributed by atoms with van der Waals surface area (Å²) < 4.78 is 5.65. The van der Waals surface area contributed by atoms with Crippen LogP contribution in [0.15, 0.2) is 34.6 Å². The molecular weight excluding hydrogens is 356 g/mol. The topological polar surface area (TPSA) is 58.5 Å². The first-order chi connectivity index (χ1) is 12.1. The zero-order chi connectivity index (χ0) is 18.1. The summed E-state index contributed by atoms with van der Waals surface area (Å²) in [5.41, 5.74) is 2.25. The van der Waals surface area contributed by atoms with Crippen LogP contribution in [-0.2, 0) is 17.9 Å². The second-order valence-corrected chi connectivity index (χ2v) is 7.23. The maximum atomic E-state index is 5.86. The maximum Gasteiger partial charge on any atom is 0.191 e. The van der Waals surface area contributed by atoms with Crippen molar-refractivity contribution in [3.63, 3.8) is 0 Å². The van der Waals surface area contributed by atoms with Crippen molar-refractivity contribution < 1.29 is 4.74 Å². The summed E-state index contributed by atoms with van der Waals surface area (Å²) in [6.07, 6.45) is 0. The van der Waals surface area contributed by atoms with E-state index in [0.29, 0.717) is 32.2 Å². The summed E-state index contributed by atoms with van der Waals surface area (Å²) in [4.78, 5) is 8.82. The Bertz CT molecular complexity index is 670. The van der Waals surface area contributed by atoms with Gasteiger partial charge in [0.25, 0.3) is 0 Å². The van der Waals surface area contributed by atoms with Crippen LogP contribution in [0.2, 0.25) is 5.02 Å². The van der Waals surface area contributed by atoms with Gasteiger partial charge in [-0.15, -0.1) is 11.3 Å². The molecule has 0 aliphatic carbocycles. The van der Waals surface area contributed by atoms with Gasteiger partial charge in [0.1, 0.15) is 5.01 Å². The summed E-state index contributed by atoms with van der Waals surface area (Å²) in [5.74, 6) is 1.21. The third-order valence-corrected chi connectivity index (χ3v) is 4.63. The maximum absolute atomic E-state index is 5.86. The van der Waals surface area contributed by atoms with Crippen LogP contribution in [0.5, 0.6) is 0 Å². The van der Waals surface area contributed by atoms with Crippen LogP contribution >= 0.6 is 22.9 Å². The lowest BCUT2D eigenvalue weighted by Gasteiger charge is -2.11. The number of rotatable bonds is 8. The Morgan fingerprint density at radius 2 is 2.04 bits per heavy atom. The van der Waals surface area contributed by atoms with Crippen LogP contribution in [0.3, 0.4) is 0 Å². The number of ether oxygens (including phenoxy) is 1. The van der Waals surface area contributed by atoms with E-state index in [2.05, 4.69) is 39.8 Å². The first-order valence-electron chi connectivity index (χ1n) is 8.29. The lowest BCUT2D eigenvalue weighted by Crippen LogP contribution is -2.38. The van der Waals surface area contributed by atoms with Crippen LogP contribution < -0.4 is 10.6 Å². The highest BCUT2D eigenvalue weighted by Crippen LogP contribution is 2.17. The average molecular weight is 381 g/mol. The Balaban J connectivity index is 1.63. The number of halogens is 1. The van der Waals surface area contributed by atoms with E-state index < -0.39 is 0 Å². The number of hydrogen-bond acceptors (Lipinski definition) is 4. The summed E-state index contributed by atoms with van der Waals surface area (Å²) in [6.45, 7) is 6.82. The highest BCUT2D eigenvalue weighted by atomic mass is 35.5. The largest absolute Gasteiger partial charge is 0.375 e. The lowest BCUT2D eigenvalue weighted by atomic mass is 10.2. The minimum Gasteiger partial charge on any atom is -0.375 e. The minimum atomic E-state index is 0.459. The number of benzene rings is 1. The molecule has 7 heteroatoms. The van der Waals surface area contributed by atoms with E-state index in [0.717, 1.165) is 27.2 Å². The molecule has 0 atom stereocenters. The molecule has 2 aromatic rings. The predicted octanol–water partition coefficient (Wildman–Crippen LogP) is 3.80. The van der Waals surface area contributed by atoms with Gasteiger partial charge in [-0.25, -0.2) is 4.98 Å². The second-order valence-electron chi connectivity index (χ2n) is 5.85. The van der Waals surface area contributed by atoms with Crippen molar-refractivity contribution in [2.75, 3.05) is 20.2 Å². The Hall–Kier alpha value is -1.63. The molecule has 25 heavy (non-hydrogen) atoms. The van der Waals surface area contributed by atoms with E-state index in [-0.39, 0.29) is 0 Å². The highest BCUT2D eigenvalue weighted by molar-refractivity contribution is 7.09. The normalized spacial score (nSPS) is 11.8. The Morgan fingerprint density at radius 1 is 1.28 bits per heavy atom. The number of aliphatic imine (C=N–C) groups is 1. The fraction of sp³-hybridized carbons (Fsp3) is 0.444. The molecule has 0 amide bonds. The number of guanidine groups is 1. The second kappa shape index (κ2) is 10.4. The van der Waals surface area contributed by atoms with Gasteiger partial charge in [0.05, 0.1) is 25.5 Å². The third-order valence-electron chi connectivity index (χ3n) is 3.51. The first-order valence-corrected chi connectivity index (χ1v) is 9.55. The Morgan fingerprint density at radius 3 is 2.68 bits per heavy atom. The molecule has 0 saturated carbocycles. The molecule has 1 heterocycles. The van der Waals surface area contributed by atoms with Crippen LogP contribution in [0.4, 0.5) is 0 Å². The molecule has 136 valence electrons. The molecule has 0 radical (unpaired) electrons. The van der Waals surface area contributed by atoms with Crippen molar-refractivity contribution in [2.24, 2.45) is 4.99 Å². The van der Waals surface area contributed by atoms with Crippen molar-refractivity contribution in [3.8, 4) is 0 Å². The molecule has 1 aromatic carbocycles. The van der Waals surface area contributed by atoms with Crippen LogP contribution in [0.1, 0.15) is 36.0 Å². The molecule has 5 nitrogen and oxygen atoms in total. The lowest BCUT2D eigenvalue weighted by molar-refractivity contribution is 0.125. The zero-order valence-electron chi connectivity index (χ0n) is 14.9.